The SMILES string of the molecule is O=C(COC(=O)c1ccc(N2C(=O)[C@H]3[C@H]4CC[C@@H](C4)[C@@H]3C2=O)cc1)Nc1ccccc1. The number of hydrogen-bond acceptors (Lipinski definition) is 5. The highest BCUT2D eigenvalue weighted by atomic mass is 16.5. The van der Waals surface area contributed by atoms with Gasteiger partial charge in [0.15, 0.2) is 6.61 Å². The number of benzene rings is 2. The van der Waals surface area contributed by atoms with Gasteiger partial charge in [-0.25, -0.2) is 4.79 Å². The molecule has 1 saturated heterocycles. The standard InChI is InChI=1S/C24H22N2O5/c27-19(25-17-4-2-1-3-5-17)13-31-24(30)14-8-10-18(11-9-14)26-22(28)20-15-6-7-16(12-15)21(20)23(26)29/h1-5,8-11,15-16,20-21H,6-7,12-13H2,(H,25,27)/t15-,16-,20-,21-/m0/s1. The fourth-order valence-electron chi connectivity index (χ4n) is 5.34. The van der Waals surface area contributed by atoms with Crippen molar-refractivity contribution in [3.63, 3.8) is 0 Å². The Hall–Kier alpha value is -3.48. The molecule has 7 nitrogen and oxygen atoms in total. The quantitative estimate of drug-likeness (QED) is 0.595. The first-order valence-corrected chi connectivity index (χ1v) is 10.5. The van der Waals surface area contributed by atoms with E-state index in [1.54, 1.807) is 36.4 Å². The number of hydrogen-bond donors (Lipinski definition) is 1. The number of ether oxygens (including phenoxy) is 1. The topological polar surface area (TPSA) is 92.8 Å². The Kier molecular flexibility index (Phi) is 4.81. The number of fused-ring (bicyclic) bond motifs is 5. The molecule has 1 N–H and O–H groups in total. The van der Waals surface area contributed by atoms with Crippen LogP contribution in [0.15, 0.2) is 54.6 Å². The number of rotatable bonds is 5. The monoisotopic (exact) mass is 418 g/mol. The van der Waals surface area contributed by atoms with Crippen molar-refractivity contribution in [1.29, 1.82) is 0 Å². The molecule has 3 aliphatic rings. The van der Waals surface area contributed by atoms with Crippen LogP contribution >= 0.6 is 0 Å². The van der Waals surface area contributed by atoms with Crippen molar-refractivity contribution in [3.8, 4) is 0 Å². The summed E-state index contributed by atoms with van der Waals surface area (Å²) in [6.45, 7) is -0.412. The minimum absolute atomic E-state index is 0.116. The Morgan fingerprint density at radius 1 is 0.903 bits per heavy atom. The van der Waals surface area contributed by atoms with E-state index in [9.17, 15) is 19.2 Å². The van der Waals surface area contributed by atoms with Gasteiger partial charge in [0, 0.05) is 5.69 Å². The van der Waals surface area contributed by atoms with Crippen molar-refractivity contribution in [1.82, 2.24) is 0 Å². The van der Waals surface area contributed by atoms with E-state index in [1.165, 1.54) is 17.0 Å². The van der Waals surface area contributed by atoms with Crippen LogP contribution in [-0.4, -0.2) is 30.3 Å². The largest absolute Gasteiger partial charge is 0.452 e. The predicted molar refractivity (Wildman–Crippen MR) is 112 cm³/mol. The van der Waals surface area contributed by atoms with E-state index in [0.29, 0.717) is 23.2 Å². The van der Waals surface area contributed by atoms with Gasteiger partial charge in [0.2, 0.25) is 11.8 Å². The van der Waals surface area contributed by atoms with Crippen molar-refractivity contribution < 1.29 is 23.9 Å². The van der Waals surface area contributed by atoms with E-state index in [1.807, 2.05) is 6.07 Å². The molecule has 0 spiro atoms. The number of imide groups is 1. The maximum Gasteiger partial charge on any atom is 0.338 e. The molecule has 2 aromatic rings. The van der Waals surface area contributed by atoms with Crippen LogP contribution in [0.25, 0.3) is 0 Å². The summed E-state index contributed by atoms with van der Waals surface area (Å²) in [7, 11) is 0. The molecule has 2 aliphatic carbocycles. The van der Waals surface area contributed by atoms with Gasteiger partial charge in [-0.2, -0.15) is 0 Å². The van der Waals surface area contributed by atoms with Gasteiger partial charge in [0.1, 0.15) is 0 Å². The Bertz CT molecular complexity index is 1020. The smallest absolute Gasteiger partial charge is 0.338 e. The molecule has 0 unspecified atom stereocenters. The van der Waals surface area contributed by atoms with Crippen LogP contribution < -0.4 is 10.2 Å². The fraction of sp³-hybridized carbons (Fsp3) is 0.333. The summed E-state index contributed by atoms with van der Waals surface area (Å²) in [4.78, 5) is 51.3. The van der Waals surface area contributed by atoms with Gasteiger partial charge in [0.25, 0.3) is 5.91 Å². The molecular weight excluding hydrogens is 396 g/mol. The van der Waals surface area contributed by atoms with Gasteiger partial charge in [-0.05, 0) is 67.5 Å². The van der Waals surface area contributed by atoms with Crippen molar-refractivity contribution in [2.24, 2.45) is 23.7 Å². The third-order valence-corrected chi connectivity index (χ3v) is 6.68. The van der Waals surface area contributed by atoms with Crippen LogP contribution in [0.1, 0.15) is 29.6 Å². The van der Waals surface area contributed by atoms with Crippen LogP contribution in [0.3, 0.4) is 0 Å². The lowest BCUT2D eigenvalue weighted by Crippen LogP contribution is -2.32. The highest BCUT2D eigenvalue weighted by molar-refractivity contribution is 6.22. The highest BCUT2D eigenvalue weighted by Crippen LogP contribution is 2.56. The molecule has 3 fully saturated rings. The summed E-state index contributed by atoms with van der Waals surface area (Å²) in [5.74, 6) is -1.03. The Morgan fingerprint density at radius 3 is 2.13 bits per heavy atom. The zero-order chi connectivity index (χ0) is 21.5. The average Bonchev–Trinajstić information content (AvgIpc) is 3.47. The molecule has 31 heavy (non-hydrogen) atoms. The molecule has 4 atom stereocenters. The highest BCUT2D eigenvalue weighted by Gasteiger charge is 2.61. The summed E-state index contributed by atoms with van der Waals surface area (Å²) < 4.78 is 5.07. The number of esters is 1. The normalized spacial score (nSPS) is 26.1. The number of amides is 3. The minimum atomic E-state index is -0.649. The maximum absolute atomic E-state index is 12.9. The van der Waals surface area contributed by atoms with E-state index in [2.05, 4.69) is 5.32 Å². The molecule has 2 saturated carbocycles. The summed E-state index contributed by atoms with van der Waals surface area (Å²) in [5, 5.41) is 2.64. The third kappa shape index (κ3) is 3.40. The average molecular weight is 418 g/mol. The Labute approximate surface area is 179 Å². The fourth-order valence-corrected chi connectivity index (χ4v) is 5.34. The molecule has 0 aromatic heterocycles. The molecule has 1 aliphatic heterocycles. The van der Waals surface area contributed by atoms with Gasteiger partial charge in [-0.15, -0.1) is 0 Å². The molecular formula is C24H22N2O5. The molecule has 2 bridgehead atoms. The molecule has 5 rings (SSSR count). The molecule has 0 radical (unpaired) electrons. The first kappa shape index (κ1) is 19.5. The number of anilines is 2. The first-order valence-electron chi connectivity index (χ1n) is 10.5. The molecule has 3 amide bonds. The molecule has 158 valence electrons. The summed E-state index contributed by atoms with van der Waals surface area (Å²) in [6, 6.07) is 15.1. The lowest BCUT2D eigenvalue weighted by atomic mass is 9.81. The Balaban J connectivity index is 1.21. The first-order chi connectivity index (χ1) is 15.0. The number of nitrogens with zero attached hydrogens (tertiary/aromatic N) is 1. The number of carbonyl (C=O) groups is 4. The van der Waals surface area contributed by atoms with Crippen LogP contribution in [0, 0.1) is 23.7 Å². The summed E-state index contributed by atoms with van der Waals surface area (Å²) in [6.07, 6.45) is 3.05. The van der Waals surface area contributed by atoms with Crippen molar-refractivity contribution >= 4 is 35.1 Å². The lowest BCUT2D eigenvalue weighted by Gasteiger charge is -2.19. The van der Waals surface area contributed by atoms with E-state index < -0.39 is 18.5 Å². The summed E-state index contributed by atoms with van der Waals surface area (Å²) in [5.41, 5.74) is 1.34. The third-order valence-electron chi connectivity index (χ3n) is 6.68. The maximum atomic E-state index is 12.9. The van der Waals surface area contributed by atoms with Gasteiger partial charge >= 0.3 is 5.97 Å². The van der Waals surface area contributed by atoms with Gasteiger partial charge in [-0.3, -0.25) is 19.3 Å². The zero-order valence-corrected chi connectivity index (χ0v) is 16.8. The van der Waals surface area contributed by atoms with Gasteiger partial charge in [-0.1, -0.05) is 18.2 Å². The van der Waals surface area contributed by atoms with E-state index in [0.717, 1.165) is 19.3 Å². The number of carbonyl (C=O) groups excluding carboxylic acids is 4. The van der Waals surface area contributed by atoms with Crippen molar-refractivity contribution in [2.75, 3.05) is 16.8 Å². The van der Waals surface area contributed by atoms with Crippen LogP contribution in [-0.2, 0) is 19.1 Å². The van der Waals surface area contributed by atoms with E-state index >= 15 is 0 Å². The van der Waals surface area contributed by atoms with Crippen LogP contribution in [0.2, 0.25) is 0 Å². The van der Waals surface area contributed by atoms with Crippen LogP contribution in [0.4, 0.5) is 11.4 Å². The zero-order valence-electron chi connectivity index (χ0n) is 16.8. The van der Waals surface area contributed by atoms with Crippen molar-refractivity contribution in [2.45, 2.75) is 19.3 Å². The minimum Gasteiger partial charge on any atom is -0.452 e. The number of para-hydroxylation sites is 1. The molecule has 7 heteroatoms. The number of nitrogens with one attached hydrogen (secondary N) is 1. The van der Waals surface area contributed by atoms with Gasteiger partial charge in [0.05, 0.1) is 23.1 Å². The molecule has 1 heterocycles. The second-order valence-corrected chi connectivity index (χ2v) is 8.43. The van der Waals surface area contributed by atoms with E-state index in [4.69, 9.17) is 4.74 Å². The predicted octanol–water partition coefficient (Wildman–Crippen LogP) is 3.02. The second kappa shape index (κ2) is 7.65. The Morgan fingerprint density at radius 2 is 1.52 bits per heavy atom. The second-order valence-electron chi connectivity index (χ2n) is 8.43. The molecule has 2 aromatic carbocycles. The van der Waals surface area contributed by atoms with Gasteiger partial charge < -0.3 is 10.1 Å². The lowest BCUT2D eigenvalue weighted by molar-refractivity contribution is -0.123. The van der Waals surface area contributed by atoms with Crippen LogP contribution in [0.5, 0.6) is 0 Å². The van der Waals surface area contributed by atoms with E-state index in [-0.39, 0.29) is 29.2 Å². The van der Waals surface area contributed by atoms with Crippen molar-refractivity contribution in [3.05, 3.63) is 60.2 Å². The summed E-state index contributed by atoms with van der Waals surface area (Å²) >= 11 is 0.